The molecule has 0 aliphatic carbocycles. The van der Waals surface area contributed by atoms with Crippen molar-refractivity contribution in [2.24, 2.45) is 23.3 Å². The fourth-order valence-electron chi connectivity index (χ4n) is 5.27. The van der Waals surface area contributed by atoms with Crippen LogP contribution in [0.1, 0.15) is 65.9 Å². The van der Waals surface area contributed by atoms with E-state index in [9.17, 15) is 48.3 Å². The molecular weight excluding hydrogens is 724 g/mol. The lowest BCUT2D eigenvalue weighted by atomic mass is 9.99. The maximum Gasteiger partial charge on any atom is 0.305 e. The molecule has 2 rings (SSSR count). The van der Waals surface area contributed by atoms with Gasteiger partial charge in [-0.25, -0.2) is 0 Å². The summed E-state index contributed by atoms with van der Waals surface area (Å²) in [5.74, 6) is -8.87. The standard InChI is InChI=1S/C35H52N8O10S/c1-6-18(4)28(37)34(52)42-23(14-26(36)44)31(49)43-25-16-54-35(53)19(5)38-29(47)21(12-17(2)3)39-30(48)22(13-20-10-8-7-9-11-20)40-32(50)24(15-27(45)46)41-33(25)51/h7-11,17-19,21-25,28H,6,12-16,37H2,1-5H3,(H2,36,44)(H,38,47)(H,39,48)(H,40,50)(H,41,51)(H,42,52)(H,43,49)(H,45,46)/t18-,19-,21-,22-,23-,24-,25-,28-/m0/s1. The summed E-state index contributed by atoms with van der Waals surface area (Å²) >= 11 is 0.528. The van der Waals surface area contributed by atoms with Crippen LogP contribution in [-0.4, -0.2) is 106 Å². The van der Waals surface area contributed by atoms with Crippen LogP contribution in [0, 0.1) is 11.8 Å². The van der Waals surface area contributed by atoms with Gasteiger partial charge in [0, 0.05) is 12.2 Å². The highest BCUT2D eigenvalue weighted by molar-refractivity contribution is 8.13. The summed E-state index contributed by atoms with van der Waals surface area (Å²) in [5, 5.41) is 23.7. The number of carbonyl (C=O) groups excluding carboxylic acids is 8. The number of rotatable bonds is 14. The molecule has 1 aliphatic heterocycles. The van der Waals surface area contributed by atoms with Gasteiger partial charge in [0.25, 0.3) is 0 Å². The average Bonchev–Trinajstić information content (AvgIpc) is 3.10. The number of primary amides is 1. The number of carbonyl (C=O) groups is 9. The first-order chi connectivity index (χ1) is 25.3. The summed E-state index contributed by atoms with van der Waals surface area (Å²) in [6.07, 6.45) is -1.04. The largest absolute Gasteiger partial charge is 0.481 e. The number of aliphatic carboxylic acids is 1. The topological polar surface area (TPSA) is 298 Å². The number of thioether (sulfide) groups is 1. The van der Waals surface area contributed by atoms with Gasteiger partial charge >= 0.3 is 5.97 Å². The molecule has 11 N–H and O–H groups in total. The fourth-order valence-corrected chi connectivity index (χ4v) is 6.15. The van der Waals surface area contributed by atoms with Crippen molar-refractivity contribution in [2.75, 3.05) is 5.75 Å². The Morgan fingerprint density at radius 3 is 2.02 bits per heavy atom. The van der Waals surface area contributed by atoms with E-state index < -0.39 is 113 Å². The Balaban J connectivity index is 2.56. The Labute approximate surface area is 317 Å². The van der Waals surface area contributed by atoms with Gasteiger partial charge in [-0.15, -0.1) is 0 Å². The Kier molecular flexibility index (Phi) is 18.1. The lowest BCUT2D eigenvalue weighted by molar-refractivity contribution is -0.141. The Morgan fingerprint density at radius 2 is 1.44 bits per heavy atom. The Bertz CT molecular complexity index is 1540. The third-order valence-corrected chi connectivity index (χ3v) is 9.74. The molecule has 1 aromatic rings. The monoisotopic (exact) mass is 776 g/mol. The number of carboxylic acids is 1. The zero-order valence-electron chi connectivity index (χ0n) is 31.0. The van der Waals surface area contributed by atoms with Crippen molar-refractivity contribution < 1.29 is 48.3 Å². The van der Waals surface area contributed by atoms with E-state index in [0.29, 0.717) is 23.7 Å². The lowest BCUT2D eigenvalue weighted by Gasteiger charge is -2.28. The van der Waals surface area contributed by atoms with E-state index in [2.05, 4.69) is 31.9 Å². The summed E-state index contributed by atoms with van der Waals surface area (Å²) in [7, 11) is 0. The second kappa shape index (κ2) is 21.6. The first kappa shape index (κ1) is 45.1. The van der Waals surface area contributed by atoms with Crippen molar-refractivity contribution >= 4 is 64.2 Å². The number of benzene rings is 1. The van der Waals surface area contributed by atoms with E-state index in [1.165, 1.54) is 6.92 Å². The number of amides is 7. The quantitative estimate of drug-likeness (QED) is 0.101. The van der Waals surface area contributed by atoms with Crippen LogP contribution in [0.5, 0.6) is 0 Å². The van der Waals surface area contributed by atoms with E-state index >= 15 is 0 Å². The van der Waals surface area contributed by atoms with Gasteiger partial charge in [0.15, 0.2) is 0 Å². The number of hydrogen-bond donors (Lipinski definition) is 9. The summed E-state index contributed by atoms with van der Waals surface area (Å²) in [4.78, 5) is 118. The summed E-state index contributed by atoms with van der Waals surface area (Å²) in [6.45, 7) is 8.53. The Morgan fingerprint density at radius 1 is 0.870 bits per heavy atom. The second-order valence-electron chi connectivity index (χ2n) is 13.7. The molecule has 1 fully saturated rings. The van der Waals surface area contributed by atoms with Gasteiger partial charge in [-0.1, -0.05) is 76.2 Å². The van der Waals surface area contributed by atoms with Gasteiger partial charge in [0.05, 0.1) is 24.9 Å². The van der Waals surface area contributed by atoms with E-state index in [-0.39, 0.29) is 24.7 Å². The third-order valence-electron chi connectivity index (χ3n) is 8.60. The van der Waals surface area contributed by atoms with Gasteiger partial charge in [-0.2, -0.15) is 0 Å². The molecule has 1 saturated heterocycles. The lowest BCUT2D eigenvalue weighted by Crippen LogP contribution is -2.61. The van der Waals surface area contributed by atoms with Crippen molar-refractivity contribution in [1.82, 2.24) is 31.9 Å². The van der Waals surface area contributed by atoms with Gasteiger partial charge < -0.3 is 48.5 Å². The van der Waals surface area contributed by atoms with Gasteiger partial charge in [0.1, 0.15) is 30.2 Å². The van der Waals surface area contributed by atoms with Crippen LogP contribution in [0.4, 0.5) is 0 Å². The fraction of sp³-hybridized carbons (Fsp3) is 0.571. The number of nitrogens with one attached hydrogen (secondary N) is 6. The van der Waals surface area contributed by atoms with Crippen molar-refractivity contribution in [3.8, 4) is 0 Å². The highest BCUT2D eigenvalue weighted by atomic mass is 32.2. The van der Waals surface area contributed by atoms with Crippen LogP contribution in [0.15, 0.2) is 30.3 Å². The van der Waals surface area contributed by atoms with Crippen molar-refractivity contribution in [3.63, 3.8) is 0 Å². The van der Waals surface area contributed by atoms with E-state index in [4.69, 9.17) is 11.5 Å². The van der Waals surface area contributed by atoms with Gasteiger partial charge in [-0.3, -0.25) is 43.2 Å². The van der Waals surface area contributed by atoms with Crippen molar-refractivity contribution in [1.29, 1.82) is 0 Å². The normalized spacial score (nSPS) is 23.5. The molecule has 0 bridgehead atoms. The van der Waals surface area contributed by atoms with Crippen LogP contribution < -0.4 is 43.4 Å². The first-order valence-electron chi connectivity index (χ1n) is 17.6. The molecule has 19 heteroatoms. The number of nitrogens with two attached hydrogens (primary N) is 2. The van der Waals surface area contributed by atoms with Crippen molar-refractivity contribution in [3.05, 3.63) is 35.9 Å². The minimum Gasteiger partial charge on any atom is -0.481 e. The molecule has 1 aromatic carbocycles. The molecule has 1 heterocycles. The SMILES string of the molecule is CC[C@H](C)[C@H](N)C(=O)N[C@@H](CC(N)=O)C(=O)N[C@H]1CSC(=O)[C@H](C)NC(=O)[C@H](CC(C)C)NC(=O)[C@H](Cc2ccccc2)NC(=O)[C@H](CC(=O)O)NC1=O. The van der Waals surface area contributed by atoms with Crippen LogP contribution in [0.2, 0.25) is 0 Å². The maximum atomic E-state index is 13.7. The molecule has 0 spiro atoms. The van der Waals surface area contributed by atoms with E-state index in [1.54, 1.807) is 44.2 Å². The van der Waals surface area contributed by atoms with Crippen LogP contribution in [0.25, 0.3) is 0 Å². The summed E-state index contributed by atoms with van der Waals surface area (Å²) < 4.78 is 0. The highest BCUT2D eigenvalue weighted by Gasteiger charge is 2.36. The Hall–Kier alpha value is -5.04. The molecule has 0 saturated carbocycles. The molecule has 8 atom stereocenters. The molecule has 54 heavy (non-hydrogen) atoms. The van der Waals surface area contributed by atoms with E-state index in [0.717, 1.165) is 0 Å². The minimum atomic E-state index is -1.79. The maximum absolute atomic E-state index is 13.7. The number of hydrogen-bond acceptors (Lipinski definition) is 11. The van der Waals surface area contributed by atoms with Crippen LogP contribution >= 0.6 is 11.8 Å². The first-order valence-corrected chi connectivity index (χ1v) is 18.6. The molecule has 1 aliphatic rings. The van der Waals surface area contributed by atoms with Crippen molar-refractivity contribution in [2.45, 2.75) is 109 Å². The molecule has 0 radical (unpaired) electrons. The zero-order chi connectivity index (χ0) is 40.7. The molecule has 298 valence electrons. The number of carboxylic acid groups (broad SMARTS) is 1. The minimum absolute atomic E-state index is 0.0833. The predicted octanol–water partition coefficient (Wildman–Crippen LogP) is -1.80. The summed E-state index contributed by atoms with van der Waals surface area (Å²) in [5.41, 5.74) is 11.9. The van der Waals surface area contributed by atoms with Crippen LogP contribution in [-0.2, 0) is 49.6 Å². The molecule has 7 amide bonds. The molecule has 18 nitrogen and oxygen atoms in total. The zero-order valence-corrected chi connectivity index (χ0v) is 31.8. The van der Waals surface area contributed by atoms with E-state index in [1.807, 2.05) is 13.8 Å². The molecular formula is C35H52N8O10S. The average molecular weight is 777 g/mol. The smallest absolute Gasteiger partial charge is 0.305 e. The molecule has 0 unspecified atom stereocenters. The molecule has 0 aromatic heterocycles. The summed E-state index contributed by atoms with van der Waals surface area (Å²) in [6, 6.07) is -1.22. The highest BCUT2D eigenvalue weighted by Crippen LogP contribution is 2.14. The predicted molar refractivity (Wildman–Crippen MR) is 198 cm³/mol. The second-order valence-corrected chi connectivity index (χ2v) is 14.7. The van der Waals surface area contributed by atoms with Gasteiger partial charge in [-0.05, 0) is 30.7 Å². The third kappa shape index (κ3) is 14.8. The van der Waals surface area contributed by atoms with Crippen LogP contribution in [0.3, 0.4) is 0 Å². The van der Waals surface area contributed by atoms with Gasteiger partial charge in [0.2, 0.25) is 46.5 Å².